The van der Waals surface area contributed by atoms with Crippen molar-refractivity contribution in [3.8, 4) is 0 Å². The van der Waals surface area contributed by atoms with E-state index in [4.69, 9.17) is 16.3 Å². The number of hydrogen-bond donors (Lipinski definition) is 2. The monoisotopic (exact) mass is 312 g/mol. The first-order chi connectivity index (χ1) is 9.77. The largest absolute Gasteiger partial charge is 0.381 e. The van der Waals surface area contributed by atoms with E-state index in [2.05, 4.69) is 17.6 Å². The molecule has 118 valence electrons. The lowest BCUT2D eigenvalue weighted by molar-refractivity contribution is -0.115. The summed E-state index contributed by atoms with van der Waals surface area (Å²) in [5.74, 6) is -0.0168. The van der Waals surface area contributed by atoms with Gasteiger partial charge in [0.05, 0.1) is 16.3 Å². The highest BCUT2D eigenvalue weighted by Gasteiger charge is 2.20. The Morgan fingerprint density at radius 1 is 1.43 bits per heavy atom. The van der Waals surface area contributed by atoms with Crippen LogP contribution in [-0.4, -0.2) is 24.7 Å². The van der Waals surface area contributed by atoms with Crippen LogP contribution < -0.4 is 10.6 Å². The third kappa shape index (κ3) is 5.94. The Bertz CT molecular complexity index is 489. The molecule has 1 aromatic rings. The third-order valence-electron chi connectivity index (χ3n) is 3.32. The van der Waals surface area contributed by atoms with Gasteiger partial charge in [-0.05, 0) is 45.4 Å². The van der Waals surface area contributed by atoms with E-state index in [9.17, 15) is 4.79 Å². The first-order valence-electron chi connectivity index (χ1n) is 7.18. The van der Waals surface area contributed by atoms with Gasteiger partial charge in [0.1, 0.15) is 0 Å². The maximum Gasteiger partial charge on any atom is 0.224 e. The van der Waals surface area contributed by atoms with Gasteiger partial charge in [0.15, 0.2) is 0 Å². The third-order valence-corrected chi connectivity index (χ3v) is 3.65. The fourth-order valence-corrected chi connectivity index (χ4v) is 2.27. The molecule has 0 aliphatic heterocycles. The standard InChI is InChI=1S/C16H25ClN2O2/c1-6-15(20)19-12-7-8-13(17)14(9-12)18-11(2)10-16(3,4)21-5/h7-9,11,18H,6,10H2,1-5H3,(H,19,20). The number of carbonyl (C=O) groups is 1. The highest BCUT2D eigenvalue weighted by molar-refractivity contribution is 6.33. The zero-order valence-electron chi connectivity index (χ0n) is 13.4. The molecule has 1 unspecified atom stereocenters. The number of benzene rings is 1. The van der Waals surface area contributed by atoms with Gasteiger partial charge in [0.2, 0.25) is 5.91 Å². The number of amides is 1. The summed E-state index contributed by atoms with van der Waals surface area (Å²) in [7, 11) is 1.71. The highest BCUT2D eigenvalue weighted by atomic mass is 35.5. The van der Waals surface area contributed by atoms with Crippen LogP contribution in [0, 0.1) is 0 Å². The number of carbonyl (C=O) groups excluding carboxylic acids is 1. The minimum atomic E-state index is -0.201. The topological polar surface area (TPSA) is 50.4 Å². The lowest BCUT2D eigenvalue weighted by Crippen LogP contribution is -2.31. The van der Waals surface area contributed by atoms with Crippen molar-refractivity contribution in [2.45, 2.75) is 52.2 Å². The number of halogens is 1. The quantitative estimate of drug-likeness (QED) is 0.789. The highest BCUT2D eigenvalue weighted by Crippen LogP contribution is 2.28. The van der Waals surface area contributed by atoms with Gasteiger partial charge in [0.25, 0.3) is 0 Å². The van der Waals surface area contributed by atoms with Gasteiger partial charge in [-0.15, -0.1) is 0 Å². The van der Waals surface area contributed by atoms with E-state index in [0.29, 0.717) is 11.4 Å². The van der Waals surface area contributed by atoms with Crippen molar-refractivity contribution in [3.05, 3.63) is 23.2 Å². The molecule has 0 aliphatic carbocycles. The summed E-state index contributed by atoms with van der Waals surface area (Å²) in [6, 6.07) is 5.62. The van der Waals surface area contributed by atoms with E-state index in [-0.39, 0.29) is 17.6 Å². The molecule has 1 rings (SSSR count). The number of rotatable bonds is 7. The molecule has 2 N–H and O–H groups in total. The van der Waals surface area contributed by atoms with Crippen molar-refractivity contribution in [2.75, 3.05) is 17.7 Å². The molecule has 0 spiro atoms. The Balaban J connectivity index is 2.78. The molecule has 0 radical (unpaired) electrons. The van der Waals surface area contributed by atoms with Crippen molar-refractivity contribution < 1.29 is 9.53 Å². The fraction of sp³-hybridized carbons (Fsp3) is 0.562. The summed E-state index contributed by atoms with van der Waals surface area (Å²) in [5.41, 5.74) is 1.35. The molecule has 0 saturated carbocycles. The Morgan fingerprint density at radius 3 is 2.67 bits per heavy atom. The minimum Gasteiger partial charge on any atom is -0.381 e. The van der Waals surface area contributed by atoms with Crippen LogP contribution in [0.25, 0.3) is 0 Å². The molecule has 1 aromatic carbocycles. The van der Waals surface area contributed by atoms with Gasteiger partial charge in [-0.2, -0.15) is 0 Å². The summed E-state index contributed by atoms with van der Waals surface area (Å²) < 4.78 is 5.44. The normalized spacial score (nSPS) is 12.9. The molecule has 4 nitrogen and oxygen atoms in total. The van der Waals surface area contributed by atoms with E-state index >= 15 is 0 Å². The summed E-state index contributed by atoms with van der Waals surface area (Å²) in [6.45, 7) is 7.99. The molecule has 1 amide bonds. The molecule has 21 heavy (non-hydrogen) atoms. The lowest BCUT2D eigenvalue weighted by Gasteiger charge is -2.28. The van der Waals surface area contributed by atoms with Crippen LogP contribution in [0.5, 0.6) is 0 Å². The van der Waals surface area contributed by atoms with Crippen LogP contribution in [0.3, 0.4) is 0 Å². The van der Waals surface area contributed by atoms with E-state index in [1.165, 1.54) is 0 Å². The zero-order chi connectivity index (χ0) is 16.0. The van der Waals surface area contributed by atoms with Crippen LogP contribution in [0.15, 0.2) is 18.2 Å². The molecule has 0 heterocycles. The minimum absolute atomic E-state index is 0.0168. The van der Waals surface area contributed by atoms with Crippen LogP contribution in [0.4, 0.5) is 11.4 Å². The van der Waals surface area contributed by atoms with Gasteiger partial charge < -0.3 is 15.4 Å². The summed E-state index contributed by atoms with van der Waals surface area (Å²) in [6.07, 6.45) is 1.29. The molecular formula is C16H25ClN2O2. The van der Waals surface area contributed by atoms with Crippen molar-refractivity contribution >= 4 is 28.9 Å². The Hall–Kier alpha value is -1.26. The predicted molar refractivity (Wildman–Crippen MR) is 89.2 cm³/mol. The number of nitrogens with one attached hydrogen (secondary N) is 2. The average molecular weight is 313 g/mol. The van der Waals surface area contributed by atoms with E-state index in [0.717, 1.165) is 17.8 Å². The molecule has 0 aromatic heterocycles. The molecule has 5 heteroatoms. The maximum atomic E-state index is 11.4. The number of methoxy groups -OCH3 is 1. The second-order valence-corrected chi connectivity index (χ2v) is 6.22. The van der Waals surface area contributed by atoms with Crippen LogP contribution in [-0.2, 0) is 9.53 Å². The fourth-order valence-electron chi connectivity index (χ4n) is 2.10. The Morgan fingerprint density at radius 2 is 2.10 bits per heavy atom. The molecule has 0 aliphatic rings. The van der Waals surface area contributed by atoms with Gasteiger partial charge in [0, 0.05) is 25.3 Å². The molecule has 0 fully saturated rings. The molecule has 0 saturated heterocycles. The zero-order valence-corrected chi connectivity index (χ0v) is 14.2. The van der Waals surface area contributed by atoms with Gasteiger partial charge in [-0.25, -0.2) is 0 Å². The first kappa shape index (κ1) is 17.8. The first-order valence-corrected chi connectivity index (χ1v) is 7.56. The lowest BCUT2D eigenvalue weighted by atomic mass is 9.99. The number of hydrogen-bond acceptors (Lipinski definition) is 3. The maximum absolute atomic E-state index is 11.4. The summed E-state index contributed by atoms with van der Waals surface area (Å²) in [4.78, 5) is 11.4. The van der Waals surface area contributed by atoms with Crippen molar-refractivity contribution in [2.24, 2.45) is 0 Å². The predicted octanol–water partition coefficient (Wildman–Crippen LogP) is 4.30. The van der Waals surface area contributed by atoms with Crippen LogP contribution in [0.2, 0.25) is 5.02 Å². The average Bonchev–Trinajstić information content (AvgIpc) is 2.41. The van der Waals surface area contributed by atoms with E-state index in [1.807, 2.05) is 26.8 Å². The number of anilines is 2. The second kappa shape index (κ2) is 7.66. The Labute approximate surface area is 132 Å². The van der Waals surface area contributed by atoms with Crippen LogP contribution in [0.1, 0.15) is 40.5 Å². The summed E-state index contributed by atoms with van der Waals surface area (Å²) in [5, 5.41) is 6.83. The second-order valence-electron chi connectivity index (χ2n) is 5.81. The SMILES string of the molecule is CCC(=O)Nc1ccc(Cl)c(NC(C)CC(C)(C)OC)c1. The van der Waals surface area contributed by atoms with E-state index in [1.54, 1.807) is 19.2 Å². The van der Waals surface area contributed by atoms with E-state index < -0.39 is 0 Å². The van der Waals surface area contributed by atoms with Gasteiger partial charge >= 0.3 is 0 Å². The molecule has 1 atom stereocenters. The van der Waals surface area contributed by atoms with Gasteiger partial charge in [-0.3, -0.25) is 4.79 Å². The van der Waals surface area contributed by atoms with Crippen molar-refractivity contribution in [1.29, 1.82) is 0 Å². The summed E-state index contributed by atoms with van der Waals surface area (Å²) >= 11 is 6.21. The van der Waals surface area contributed by atoms with Crippen molar-refractivity contribution in [1.82, 2.24) is 0 Å². The molecule has 0 bridgehead atoms. The smallest absolute Gasteiger partial charge is 0.224 e. The Kier molecular flexibility index (Phi) is 6.49. The molecular weight excluding hydrogens is 288 g/mol. The van der Waals surface area contributed by atoms with Crippen molar-refractivity contribution in [3.63, 3.8) is 0 Å². The van der Waals surface area contributed by atoms with Gasteiger partial charge in [-0.1, -0.05) is 18.5 Å². The number of ether oxygens (including phenoxy) is 1. The van der Waals surface area contributed by atoms with Crippen LogP contribution >= 0.6 is 11.6 Å².